The molecule has 9 nitrogen and oxygen atoms in total. The van der Waals surface area contributed by atoms with E-state index in [0.29, 0.717) is 17.0 Å². The normalized spacial score (nSPS) is 13.0. The molecule has 0 fully saturated rings. The lowest BCUT2D eigenvalue weighted by molar-refractivity contribution is -0.120. The molecule has 2 aromatic carbocycles. The number of ether oxygens (including phenoxy) is 2. The van der Waals surface area contributed by atoms with Gasteiger partial charge in [-0.1, -0.05) is 6.07 Å². The number of nitrogens with zero attached hydrogens (tertiary/aromatic N) is 1. The summed E-state index contributed by atoms with van der Waals surface area (Å²) < 4.78 is 41.9. The van der Waals surface area contributed by atoms with E-state index in [4.69, 9.17) is 13.9 Å². The lowest BCUT2D eigenvalue weighted by Crippen LogP contribution is -2.25. The number of fused-ring (bicyclic) bond motifs is 2. The first-order chi connectivity index (χ1) is 13.8. The Kier molecular flexibility index (Phi) is 4.79. The van der Waals surface area contributed by atoms with Crippen molar-refractivity contribution in [2.24, 2.45) is 7.05 Å². The summed E-state index contributed by atoms with van der Waals surface area (Å²) in [5, 5.41) is 2.69. The Hall–Kier alpha value is -3.27. The van der Waals surface area contributed by atoms with Gasteiger partial charge in [0.1, 0.15) is 0 Å². The summed E-state index contributed by atoms with van der Waals surface area (Å²) in [6.07, 6.45) is -0.191. The first-order valence-corrected chi connectivity index (χ1v) is 10.5. The summed E-state index contributed by atoms with van der Waals surface area (Å²) in [7, 11) is -2.18. The monoisotopic (exact) mass is 418 g/mol. The smallest absolute Gasteiger partial charge is 0.419 e. The summed E-state index contributed by atoms with van der Waals surface area (Å²) in [4.78, 5) is 23.6. The molecule has 3 aromatic rings. The highest BCUT2D eigenvalue weighted by Gasteiger charge is 2.19. The minimum Gasteiger partial charge on any atom is -0.454 e. The molecule has 1 aromatic heterocycles. The fourth-order valence-corrected chi connectivity index (χ4v) is 4.24. The topological polar surface area (TPSA) is 117 Å². The maximum atomic E-state index is 12.5. The van der Waals surface area contributed by atoms with Crippen LogP contribution in [-0.4, -0.2) is 31.4 Å². The summed E-state index contributed by atoms with van der Waals surface area (Å²) in [5.41, 5.74) is 1.50. The van der Waals surface area contributed by atoms with E-state index in [0.717, 1.165) is 5.56 Å². The van der Waals surface area contributed by atoms with Crippen LogP contribution in [-0.2, 0) is 28.2 Å². The summed E-state index contributed by atoms with van der Waals surface area (Å²) in [6, 6.07) is 9.53. The van der Waals surface area contributed by atoms with Crippen molar-refractivity contribution in [1.82, 2.24) is 9.88 Å². The molecule has 0 radical (unpaired) electrons. The van der Waals surface area contributed by atoms with Gasteiger partial charge in [0, 0.05) is 26.1 Å². The van der Waals surface area contributed by atoms with Crippen LogP contribution in [0.2, 0.25) is 0 Å². The zero-order valence-electron chi connectivity index (χ0n) is 15.5. The number of carbonyl (C=O) groups is 1. The maximum absolute atomic E-state index is 12.5. The van der Waals surface area contributed by atoms with Crippen LogP contribution in [0.3, 0.4) is 0 Å². The maximum Gasteiger partial charge on any atom is 0.419 e. The molecule has 0 atom stereocenters. The summed E-state index contributed by atoms with van der Waals surface area (Å²) in [6.45, 7) is 0.415. The predicted octanol–water partition coefficient (Wildman–Crippen LogP) is 1.34. The second kappa shape index (κ2) is 7.28. The van der Waals surface area contributed by atoms with Crippen molar-refractivity contribution < 1.29 is 27.1 Å². The number of amides is 1. The van der Waals surface area contributed by atoms with Gasteiger partial charge in [0.2, 0.25) is 12.7 Å². The summed E-state index contributed by atoms with van der Waals surface area (Å²) >= 11 is 0. The van der Waals surface area contributed by atoms with E-state index in [1.54, 1.807) is 18.2 Å². The molecule has 0 spiro atoms. The van der Waals surface area contributed by atoms with E-state index in [-0.39, 0.29) is 36.0 Å². The van der Waals surface area contributed by atoms with Gasteiger partial charge >= 0.3 is 5.76 Å². The average Bonchev–Trinajstić information content (AvgIpc) is 3.28. The number of hydrogen-bond donors (Lipinski definition) is 1. The van der Waals surface area contributed by atoms with Gasteiger partial charge < -0.3 is 19.2 Å². The molecular formula is C19H18N2O7S. The molecule has 0 aliphatic carbocycles. The zero-order valence-corrected chi connectivity index (χ0v) is 16.3. The largest absolute Gasteiger partial charge is 0.454 e. The third-order valence-corrected chi connectivity index (χ3v) is 6.36. The standard InChI is InChI=1S/C19H18N2O7S/c1-21-14-4-3-13(9-16(14)28-19(21)23)29(24,25)7-6-18(22)20-10-12-2-5-15-17(8-12)27-11-26-15/h2-5,8-9H,6-7,10-11H2,1H3,(H,20,22). The van der Waals surface area contributed by atoms with E-state index in [1.807, 2.05) is 0 Å². The van der Waals surface area contributed by atoms with Crippen LogP contribution >= 0.6 is 0 Å². The summed E-state index contributed by atoms with van der Waals surface area (Å²) in [5.74, 6) is -0.0570. The van der Waals surface area contributed by atoms with Gasteiger partial charge in [-0.25, -0.2) is 13.2 Å². The second-order valence-electron chi connectivity index (χ2n) is 6.59. The van der Waals surface area contributed by atoms with Crippen molar-refractivity contribution in [2.45, 2.75) is 17.9 Å². The Bertz CT molecular complexity index is 1260. The molecule has 0 saturated carbocycles. The van der Waals surface area contributed by atoms with Crippen LogP contribution in [0.1, 0.15) is 12.0 Å². The van der Waals surface area contributed by atoms with E-state index in [1.165, 1.54) is 29.8 Å². The number of aromatic nitrogens is 1. The van der Waals surface area contributed by atoms with E-state index in [9.17, 15) is 18.0 Å². The van der Waals surface area contributed by atoms with E-state index < -0.39 is 21.5 Å². The fourth-order valence-electron chi connectivity index (χ4n) is 2.99. The fraction of sp³-hybridized carbons (Fsp3) is 0.263. The molecule has 1 amide bonds. The van der Waals surface area contributed by atoms with Gasteiger partial charge in [-0.15, -0.1) is 0 Å². The average molecular weight is 418 g/mol. The van der Waals surface area contributed by atoms with Crippen molar-refractivity contribution in [3.8, 4) is 11.5 Å². The number of hydrogen-bond acceptors (Lipinski definition) is 7. The number of oxazole rings is 1. The van der Waals surface area contributed by atoms with E-state index in [2.05, 4.69) is 5.32 Å². The molecule has 1 N–H and O–H groups in total. The zero-order chi connectivity index (χ0) is 20.6. The first kappa shape index (κ1) is 19.1. The Morgan fingerprint density at radius 3 is 2.76 bits per heavy atom. The number of aryl methyl sites for hydroxylation is 1. The van der Waals surface area contributed by atoms with Gasteiger partial charge in [-0.05, 0) is 29.8 Å². The predicted molar refractivity (Wildman–Crippen MR) is 103 cm³/mol. The highest BCUT2D eigenvalue weighted by molar-refractivity contribution is 7.91. The van der Waals surface area contributed by atoms with Crippen molar-refractivity contribution in [3.05, 3.63) is 52.5 Å². The van der Waals surface area contributed by atoms with Gasteiger partial charge in [0.15, 0.2) is 26.9 Å². The lowest BCUT2D eigenvalue weighted by atomic mass is 10.2. The van der Waals surface area contributed by atoms with Gasteiger partial charge in [-0.3, -0.25) is 9.36 Å². The molecule has 4 rings (SSSR count). The molecular weight excluding hydrogens is 400 g/mol. The quantitative estimate of drug-likeness (QED) is 0.642. The second-order valence-corrected chi connectivity index (χ2v) is 8.70. The number of benzene rings is 2. The molecule has 152 valence electrons. The first-order valence-electron chi connectivity index (χ1n) is 8.81. The minimum absolute atomic E-state index is 0.00270. The van der Waals surface area contributed by atoms with Crippen molar-refractivity contribution in [1.29, 1.82) is 0 Å². The molecule has 1 aliphatic rings. The highest BCUT2D eigenvalue weighted by Crippen LogP contribution is 2.32. The molecule has 0 bridgehead atoms. The Labute approximate surface area is 165 Å². The highest BCUT2D eigenvalue weighted by atomic mass is 32.2. The lowest BCUT2D eigenvalue weighted by Gasteiger charge is -2.07. The van der Waals surface area contributed by atoms with Crippen molar-refractivity contribution >= 4 is 26.8 Å². The van der Waals surface area contributed by atoms with Crippen LogP contribution < -0.4 is 20.5 Å². The Balaban J connectivity index is 1.37. The van der Waals surface area contributed by atoms with Crippen molar-refractivity contribution in [3.63, 3.8) is 0 Å². The van der Waals surface area contributed by atoms with Crippen LogP contribution in [0.5, 0.6) is 11.5 Å². The van der Waals surface area contributed by atoms with Crippen LogP contribution in [0.4, 0.5) is 0 Å². The van der Waals surface area contributed by atoms with Crippen LogP contribution in [0.15, 0.2) is 50.5 Å². The SMILES string of the molecule is Cn1c(=O)oc2cc(S(=O)(=O)CCC(=O)NCc3ccc4c(c3)OCO4)ccc21. The molecule has 29 heavy (non-hydrogen) atoms. The molecule has 10 heteroatoms. The van der Waals surface area contributed by atoms with Gasteiger partial charge in [0.05, 0.1) is 16.2 Å². The molecule has 2 heterocycles. The van der Waals surface area contributed by atoms with Crippen LogP contribution in [0, 0.1) is 0 Å². The third kappa shape index (κ3) is 3.83. The number of rotatable bonds is 6. The van der Waals surface area contributed by atoms with Gasteiger partial charge in [-0.2, -0.15) is 0 Å². The molecule has 0 saturated heterocycles. The minimum atomic E-state index is -3.71. The van der Waals surface area contributed by atoms with Gasteiger partial charge in [0.25, 0.3) is 0 Å². The molecule has 0 unspecified atom stereocenters. The Morgan fingerprint density at radius 1 is 1.14 bits per heavy atom. The van der Waals surface area contributed by atoms with E-state index >= 15 is 0 Å². The Morgan fingerprint density at radius 2 is 1.93 bits per heavy atom. The third-order valence-electron chi connectivity index (χ3n) is 4.65. The number of sulfone groups is 1. The number of carbonyl (C=O) groups excluding carboxylic acids is 1. The molecule has 1 aliphatic heterocycles. The van der Waals surface area contributed by atoms with Crippen molar-refractivity contribution in [2.75, 3.05) is 12.5 Å². The number of nitrogens with one attached hydrogen (secondary N) is 1. The van der Waals surface area contributed by atoms with Crippen LogP contribution in [0.25, 0.3) is 11.1 Å².